The second kappa shape index (κ2) is 8.09. The van der Waals surface area contributed by atoms with Gasteiger partial charge in [0.1, 0.15) is 0 Å². The minimum Gasteiger partial charge on any atom is -0.334 e. The number of benzene rings is 1. The number of anilines is 1. The molecule has 0 aliphatic heterocycles. The highest BCUT2D eigenvalue weighted by atomic mass is 127. The first-order chi connectivity index (χ1) is 10.5. The van der Waals surface area contributed by atoms with Crippen LogP contribution in [0.15, 0.2) is 23.6 Å². The summed E-state index contributed by atoms with van der Waals surface area (Å²) in [5, 5.41) is 11.9. The molecule has 118 valence electrons. The number of aromatic nitrogens is 1. The number of nitrogens with one attached hydrogen (secondary N) is 3. The molecule has 0 aliphatic carbocycles. The van der Waals surface area contributed by atoms with Gasteiger partial charge >= 0.3 is 6.03 Å². The van der Waals surface area contributed by atoms with Crippen LogP contribution < -0.4 is 16.0 Å². The molecule has 0 spiro atoms. The van der Waals surface area contributed by atoms with Crippen LogP contribution in [0.25, 0.3) is 0 Å². The van der Waals surface area contributed by atoms with E-state index in [1.807, 2.05) is 37.6 Å². The lowest BCUT2D eigenvalue weighted by Gasteiger charge is -2.07. The van der Waals surface area contributed by atoms with Gasteiger partial charge in [0, 0.05) is 21.5 Å². The molecule has 0 saturated heterocycles. The van der Waals surface area contributed by atoms with Gasteiger partial charge in [-0.05, 0) is 54.3 Å². The number of carbonyl (C=O) groups is 1. The molecular formula is C14H16ClIN4OS. The molecule has 1 unspecified atom stereocenters. The van der Waals surface area contributed by atoms with Crippen molar-refractivity contribution in [3.05, 3.63) is 43.4 Å². The van der Waals surface area contributed by atoms with E-state index in [1.165, 1.54) is 11.3 Å². The minimum atomic E-state index is -0.275. The number of amides is 2. The summed E-state index contributed by atoms with van der Waals surface area (Å²) in [6.45, 7) is 2.45. The zero-order chi connectivity index (χ0) is 16.1. The molecule has 22 heavy (non-hydrogen) atoms. The number of thiazole rings is 1. The number of carbonyl (C=O) groups excluding carboxylic acids is 1. The van der Waals surface area contributed by atoms with Crippen LogP contribution in [-0.2, 0) is 6.54 Å². The van der Waals surface area contributed by atoms with Gasteiger partial charge in [0.15, 0.2) is 5.13 Å². The number of urea groups is 1. The Labute approximate surface area is 152 Å². The van der Waals surface area contributed by atoms with Crippen molar-refractivity contribution >= 4 is 56.7 Å². The number of rotatable bonds is 5. The fourth-order valence-electron chi connectivity index (χ4n) is 1.66. The summed E-state index contributed by atoms with van der Waals surface area (Å²) in [5.74, 6) is 0. The fourth-order valence-corrected chi connectivity index (χ4v) is 3.16. The molecule has 2 rings (SSSR count). The lowest BCUT2D eigenvalue weighted by molar-refractivity contribution is 0.251. The zero-order valence-corrected chi connectivity index (χ0v) is 15.8. The summed E-state index contributed by atoms with van der Waals surface area (Å²) < 4.78 is 0.963. The van der Waals surface area contributed by atoms with Crippen molar-refractivity contribution in [1.82, 2.24) is 15.6 Å². The standard InChI is InChI=1S/C14H16ClIN4OS/c1-8(17-2)12-7-22-14(19-12)20-13(21)18-6-9-3-4-10(15)11(16)5-9/h3-5,7-8,17H,6H2,1-2H3,(H2,18,19,20,21). The van der Waals surface area contributed by atoms with Crippen molar-refractivity contribution in [2.75, 3.05) is 12.4 Å². The van der Waals surface area contributed by atoms with Gasteiger partial charge in [-0.2, -0.15) is 0 Å². The average molecular weight is 451 g/mol. The molecule has 2 amide bonds. The molecule has 3 N–H and O–H groups in total. The van der Waals surface area contributed by atoms with Crippen molar-refractivity contribution < 1.29 is 4.79 Å². The first-order valence-corrected chi connectivity index (χ1v) is 8.94. The highest BCUT2D eigenvalue weighted by Gasteiger charge is 2.10. The monoisotopic (exact) mass is 450 g/mol. The molecule has 1 aromatic carbocycles. The van der Waals surface area contributed by atoms with Crippen LogP contribution in [0.4, 0.5) is 9.93 Å². The largest absolute Gasteiger partial charge is 0.334 e. The zero-order valence-electron chi connectivity index (χ0n) is 12.1. The summed E-state index contributed by atoms with van der Waals surface area (Å²) in [6.07, 6.45) is 0. The Morgan fingerprint density at radius 1 is 1.50 bits per heavy atom. The number of hydrogen-bond acceptors (Lipinski definition) is 4. The molecule has 1 atom stereocenters. The van der Waals surface area contributed by atoms with Crippen LogP contribution in [0, 0.1) is 3.57 Å². The molecule has 0 aliphatic rings. The third kappa shape index (κ3) is 4.80. The molecule has 2 aromatic rings. The van der Waals surface area contributed by atoms with E-state index >= 15 is 0 Å². The molecule has 0 radical (unpaired) electrons. The van der Waals surface area contributed by atoms with Crippen LogP contribution in [-0.4, -0.2) is 18.1 Å². The Balaban J connectivity index is 1.87. The summed E-state index contributed by atoms with van der Waals surface area (Å²) in [5.41, 5.74) is 1.91. The van der Waals surface area contributed by atoms with E-state index in [4.69, 9.17) is 11.6 Å². The van der Waals surface area contributed by atoms with Crippen LogP contribution in [0.3, 0.4) is 0 Å². The maximum atomic E-state index is 11.9. The van der Waals surface area contributed by atoms with Crippen LogP contribution in [0.1, 0.15) is 24.2 Å². The molecule has 0 fully saturated rings. The van der Waals surface area contributed by atoms with Gasteiger partial charge in [-0.1, -0.05) is 17.7 Å². The van der Waals surface area contributed by atoms with Gasteiger partial charge in [-0.15, -0.1) is 11.3 Å². The first-order valence-electron chi connectivity index (χ1n) is 6.61. The van der Waals surface area contributed by atoms with Crippen molar-refractivity contribution in [3.63, 3.8) is 0 Å². The van der Waals surface area contributed by atoms with Crippen molar-refractivity contribution in [3.8, 4) is 0 Å². The Morgan fingerprint density at radius 3 is 2.95 bits per heavy atom. The summed E-state index contributed by atoms with van der Waals surface area (Å²) in [4.78, 5) is 16.3. The third-order valence-electron chi connectivity index (χ3n) is 3.06. The topological polar surface area (TPSA) is 66.0 Å². The van der Waals surface area contributed by atoms with E-state index < -0.39 is 0 Å². The number of nitrogens with zero attached hydrogens (tertiary/aromatic N) is 1. The van der Waals surface area contributed by atoms with Gasteiger partial charge in [-0.25, -0.2) is 9.78 Å². The summed E-state index contributed by atoms with van der Waals surface area (Å²) in [7, 11) is 1.87. The average Bonchev–Trinajstić information content (AvgIpc) is 2.96. The highest BCUT2D eigenvalue weighted by molar-refractivity contribution is 14.1. The predicted octanol–water partition coefficient (Wildman–Crippen LogP) is 4.00. The molecule has 0 bridgehead atoms. The minimum absolute atomic E-state index is 0.158. The van der Waals surface area contributed by atoms with Crippen molar-refractivity contribution in [2.45, 2.75) is 19.5 Å². The lowest BCUT2D eigenvalue weighted by Crippen LogP contribution is -2.28. The van der Waals surface area contributed by atoms with Gasteiger partial charge in [0.25, 0.3) is 0 Å². The van der Waals surface area contributed by atoms with E-state index in [0.717, 1.165) is 14.8 Å². The molecule has 1 aromatic heterocycles. The Hall–Kier alpha value is -0.900. The fraction of sp³-hybridized carbons (Fsp3) is 0.286. The lowest BCUT2D eigenvalue weighted by atomic mass is 10.2. The Kier molecular flexibility index (Phi) is 6.42. The maximum Gasteiger partial charge on any atom is 0.321 e. The van der Waals surface area contributed by atoms with Crippen molar-refractivity contribution in [1.29, 1.82) is 0 Å². The number of halogens is 2. The SMILES string of the molecule is CNC(C)c1csc(NC(=O)NCc2ccc(Cl)c(I)c2)n1. The summed E-state index contributed by atoms with van der Waals surface area (Å²) >= 11 is 9.54. The maximum absolute atomic E-state index is 11.9. The van der Waals surface area contributed by atoms with E-state index in [9.17, 15) is 4.79 Å². The number of hydrogen-bond donors (Lipinski definition) is 3. The van der Waals surface area contributed by atoms with E-state index in [1.54, 1.807) is 0 Å². The van der Waals surface area contributed by atoms with Gasteiger partial charge < -0.3 is 10.6 Å². The van der Waals surface area contributed by atoms with Crippen LogP contribution in [0.2, 0.25) is 5.02 Å². The predicted molar refractivity (Wildman–Crippen MR) is 99.6 cm³/mol. The van der Waals surface area contributed by atoms with Crippen LogP contribution in [0.5, 0.6) is 0 Å². The smallest absolute Gasteiger partial charge is 0.321 e. The van der Waals surface area contributed by atoms with Gasteiger partial charge in [0.2, 0.25) is 0 Å². The second-order valence-corrected chi connectivity index (χ2v) is 7.07. The Morgan fingerprint density at radius 2 is 2.27 bits per heavy atom. The van der Waals surface area contributed by atoms with Crippen LogP contribution >= 0.6 is 45.5 Å². The molecule has 1 heterocycles. The quantitative estimate of drug-likeness (QED) is 0.603. The molecule has 8 heteroatoms. The normalized spacial score (nSPS) is 12.0. The first kappa shape index (κ1) is 17.5. The van der Waals surface area contributed by atoms with E-state index in [0.29, 0.717) is 16.7 Å². The Bertz CT molecular complexity index is 664. The molecule has 5 nitrogen and oxygen atoms in total. The van der Waals surface area contributed by atoms with E-state index in [-0.39, 0.29) is 12.1 Å². The van der Waals surface area contributed by atoms with E-state index in [2.05, 4.69) is 43.5 Å². The second-order valence-electron chi connectivity index (χ2n) is 4.64. The third-order valence-corrected chi connectivity index (χ3v) is 5.37. The van der Waals surface area contributed by atoms with Crippen molar-refractivity contribution in [2.24, 2.45) is 0 Å². The van der Waals surface area contributed by atoms with Gasteiger partial charge in [0.05, 0.1) is 10.7 Å². The molecular weight excluding hydrogens is 435 g/mol. The molecule has 0 saturated carbocycles. The summed E-state index contributed by atoms with van der Waals surface area (Å²) in [6, 6.07) is 5.54. The highest BCUT2D eigenvalue weighted by Crippen LogP contribution is 2.21. The van der Waals surface area contributed by atoms with Gasteiger partial charge in [-0.3, -0.25) is 5.32 Å².